The largest absolute Gasteiger partial charge is 0.497 e. The van der Waals surface area contributed by atoms with Crippen LogP contribution in [0.3, 0.4) is 0 Å². The van der Waals surface area contributed by atoms with Gasteiger partial charge in [-0.25, -0.2) is 4.98 Å². The predicted octanol–water partition coefficient (Wildman–Crippen LogP) is 4.68. The standard InChI is InChI=1S/C19H16F2N2O4S/c1-25-13-6-3-11(4-7-13)18-23-14(10-28-18)17(24)22-12-5-8-15(26-2)16(9-12)27-19(20)21/h3-10,19H,1-2H3,(H,22,24). The van der Waals surface area contributed by atoms with E-state index in [0.717, 1.165) is 11.3 Å². The number of benzene rings is 2. The fraction of sp³-hybridized carbons (Fsp3) is 0.158. The van der Waals surface area contributed by atoms with Crippen molar-refractivity contribution in [3.63, 3.8) is 0 Å². The molecule has 0 atom stereocenters. The zero-order valence-electron chi connectivity index (χ0n) is 14.9. The Morgan fingerprint density at radius 1 is 1.07 bits per heavy atom. The zero-order chi connectivity index (χ0) is 20.1. The van der Waals surface area contributed by atoms with Crippen molar-refractivity contribution < 1.29 is 27.8 Å². The van der Waals surface area contributed by atoms with E-state index in [2.05, 4.69) is 15.0 Å². The van der Waals surface area contributed by atoms with E-state index in [0.29, 0.717) is 5.01 Å². The molecule has 0 aliphatic heterocycles. The number of thiazole rings is 1. The summed E-state index contributed by atoms with van der Waals surface area (Å²) < 4.78 is 39.6. The van der Waals surface area contributed by atoms with Crippen LogP contribution in [0.15, 0.2) is 47.8 Å². The number of nitrogens with one attached hydrogen (secondary N) is 1. The second kappa shape index (κ2) is 8.66. The van der Waals surface area contributed by atoms with Crippen LogP contribution in [0.25, 0.3) is 10.6 Å². The number of amides is 1. The van der Waals surface area contributed by atoms with Gasteiger partial charge in [0.15, 0.2) is 11.5 Å². The summed E-state index contributed by atoms with van der Waals surface area (Å²) in [5.41, 5.74) is 1.34. The first kappa shape index (κ1) is 19.6. The molecule has 0 bridgehead atoms. The van der Waals surface area contributed by atoms with Crippen LogP contribution in [0.1, 0.15) is 10.5 Å². The monoisotopic (exact) mass is 406 g/mol. The number of hydrogen-bond donors (Lipinski definition) is 1. The molecule has 0 fully saturated rings. The summed E-state index contributed by atoms with van der Waals surface area (Å²) in [4.78, 5) is 16.8. The number of aromatic nitrogens is 1. The lowest BCUT2D eigenvalue weighted by atomic mass is 10.2. The van der Waals surface area contributed by atoms with Gasteiger partial charge < -0.3 is 19.5 Å². The molecule has 0 aliphatic rings. The van der Waals surface area contributed by atoms with Crippen molar-refractivity contribution >= 4 is 22.9 Å². The van der Waals surface area contributed by atoms with E-state index in [1.165, 1.54) is 36.6 Å². The molecule has 6 nitrogen and oxygen atoms in total. The second-order valence-electron chi connectivity index (χ2n) is 5.46. The van der Waals surface area contributed by atoms with Crippen molar-refractivity contribution in [2.24, 2.45) is 0 Å². The van der Waals surface area contributed by atoms with Crippen molar-refractivity contribution in [3.8, 4) is 27.8 Å². The minimum atomic E-state index is -3.01. The van der Waals surface area contributed by atoms with Gasteiger partial charge in [-0.15, -0.1) is 11.3 Å². The summed E-state index contributed by atoms with van der Waals surface area (Å²) in [7, 11) is 2.92. The van der Waals surface area contributed by atoms with Gasteiger partial charge in [0.25, 0.3) is 5.91 Å². The minimum Gasteiger partial charge on any atom is -0.497 e. The van der Waals surface area contributed by atoms with Gasteiger partial charge in [-0.05, 0) is 36.4 Å². The number of nitrogens with zero attached hydrogens (tertiary/aromatic N) is 1. The van der Waals surface area contributed by atoms with E-state index in [-0.39, 0.29) is 22.9 Å². The Labute approximate surface area is 163 Å². The Morgan fingerprint density at radius 3 is 2.46 bits per heavy atom. The van der Waals surface area contributed by atoms with Gasteiger partial charge in [-0.2, -0.15) is 8.78 Å². The van der Waals surface area contributed by atoms with Crippen LogP contribution >= 0.6 is 11.3 Å². The summed E-state index contributed by atoms with van der Waals surface area (Å²) in [6, 6.07) is 11.5. The number of halogens is 2. The molecule has 0 saturated carbocycles. The number of ether oxygens (including phenoxy) is 3. The van der Waals surface area contributed by atoms with Gasteiger partial charge in [0.05, 0.1) is 14.2 Å². The molecule has 0 aliphatic carbocycles. The molecule has 28 heavy (non-hydrogen) atoms. The number of carbonyl (C=O) groups is 1. The molecule has 0 saturated heterocycles. The maximum Gasteiger partial charge on any atom is 0.387 e. The van der Waals surface area contributed by atoms with Crippen molar-refractivity contribution in [2.75, 3.05) is 19.5 Å². The van der Waals surface area contributed by atoms with Gasteiger partial charge >= 0.3 is 6.61 Å². The van der Waals surface area contributed by atoms with Gasteiger partial charge in [0.2, 0.25) is 0 Å². The highest BCUT2D eigenvalue weighted by Crippen LogP contribution is 2.32. The van der Waals surface area contributed by atoms with E-state index < -0.39 is 12.5 Å². The molecule has 0 radical (unpaired) electrons. The van der Waals surface area contributed by atoms with E-state index in [1.54, 1.807) is 24.6 Å². The van der Waals surface area contributed by atoms with Crippen molar-refractivity contribution in [2.45, 2.75) is 6.61 Å². The Bertz CT molecular complexity index is 961. The van der Waals surface area contributed by atoms with Crippen LogP contribution < -0.4 is 19.5 Å². The molecule has 1 amide bonds. The molecule has 9 heteroatoms. The molecular weight excluding hydrogens is 390 g/mol. The molecule has 3 rings (SSSR count). The fourth-order valence-corrected chi connectivity index (χ4v) is 3.19. The van der Waals surface area contributed by atoms with Gasteiger partial charge in [-0.1, -0.05) is 0 Å². The SMILES string of the molecule is COc1ccc(-c2nc(C(=O)Nc3ccc(OC)c(OC(F)F)c3)cs2)cc1. The van der Waals surface area contributed by atoms with Crippen LogP contribution in [0.2, 0.25) is 0 Å². The molecule has 3 aromatic rings. The predicted molar refractivity (Wildman–Crippen MR) is 102 cm³/mol. The number of anilines is 1. The highest BCUT2D eigenvalue weighted by atomic mass is 32.1. The average Bonchev–Trinajstić information content (AvgIpc) is 3.18. The van der Waals surface area contributed by atoms with Crippen LogP contribution in [0.5, 0.6) is 17.2 Å². The van der Waals surface area contributed by atoms with E-state index >= 15 is 0 Å². The topological polar surface area (TPSA) is 69.7 Å². The maximum atomic E-state index is 12.5. The molecule has 1 aromatic heterocycles. The molecule has 0 unspecified atom stereocenters. The summed E-state index contributed by atoms with van der Waals surface area (Å²) >= 11 is 1.32. The van der Waals surface area contributed by atoms with E-state index in [4.69, 9.17) is 9.47 Å². The lowest BCUT2D eigenvalue weighted by Gasteiger charge is -2.11. The van der Waals surface area contributed by atoms with Crippen molar-refractivity contribution in [1.29, 1.82) is 0 Å². The van der Waals surface area contributed by atoms with Crippen LogP contribution in [-0.4, -0.2) is 31.7 Å². The van der Waals surface area contributed by atoms with E-state index in [1.807, 2.05) is 12.1 Å². The van der Waals surface area contributed by atoms with Crippen LogP contribution in [-0.2, 0) is 0 Å². The van der Waals surface area contributed by atoms with E-state index in [9.17, 15) is 13.6 Å². The molecular formula is C19H16F2N2O4S. The second-order valence-corrected chi connectivity index (χ2v) is 6.32. The highest BCUT2D eigenvalue weighted by Gasteiger charge is 2.15. The maximum absolute atomic E-state index is 12.5. The third-order valence-electron chi connectivity index (χ3n) is 3.71. The number of hydrogen-bond acceptors (Lipinski definition) is 6. The lowest BCUT2D eigenvalue weighted by Crippen LogP contribution is -2.12. The first-order valence-electron chi connectivity index (χ1n) is 8.04. The summed E-state index contributed by atoms with van der Waals surface area (Å²) in [5.74, 6) is 0.213. The minimum absolute atomic E-state index is 0.133. The Kier molecular flexibility index (Phi) is 6.05. The molecule has 146 valence electrons. The highest BCUT2D eigenvalue weighted by molar-refractivity contribution is 7.13. The van der Waals surface area contributed by atoms with Crippen LogP contribution in [0, 0.1) is 0 Å². The molecule has 2 aromatic carbocycles. The third-order valence-corrected chi connectivity index (χ3v) is 4.60. The Balaban J connectivity index is 1.75. The number of carbonyl (C=O) groups excluding carboxylic acids is 1. The summed E-state index contributed by atoms with van der Waals surface area (Å²) in [6.45, 7) is -3.01. The number of methoxy groups -OCH3 is 2. The fourth-order valence-electron chi connectivity index (χ4n) is 2.38. The molecule has 1 N–H and O–H groups in total. The first-order chi connectivity index (χ1) is 13.5. The Hall–Kier alpha value is -3.20. The Morgan fingerprint density at radius 2 is 1.82 bits per heavy atom. The quantitative estimate of drug-likeness (QED) is 0.617. The zero-order valence-corrected chi connectivity index (χ0v) is 15.8. The first-order valence-corrected chi connectivity index (χ1v) is 8.92. The average molecular weight is 406 g/mol. The third kappa shape index (κ3) is 4.55. The normalized spacial score (nSPS) is 10.6. The smallest absolute Gasteiger partial charge is 0.387 e. The van der Waals surface area contributed by atoms with Crippen molar-refractivity contribution in [1.82, 2.24) is 4.98 Å². The number of rotatable bonds is 7. The number of alkyl halides is 2. The van der Waals surface area contributed by atoms with Crippen LogP contribution in [0.4, 0.5) is 14.5 Å². The summed E-state index contributed by atoms with van der Waals surface area (Å²) in [6.07, 6.45) is 0. The van der Waals surface area contributed by atoms with Gasteiger partial charge in [0, 0.05) is 22.7 Å². The van der Waals surface area contributed by atoms with Gasteiger partial charge in [0.1, 0.15) is 16.5 Å². The molecule has 1 heterocycles. The lowest BCUT2D eigenvalue weighted by molar-refractivity contribution is -0.0511. The summed E-state index contributed by atoms with van der Waals surface area (Å²) in [5, 5.41) is 4.90. The molecule has 0 spiro atoms. The van der Waals surface area contributed by atoms with Gasteiger partial charge in [-0.3, -0.25) is 4.79 Å². The van der Waals surface area contributed by atoms with Crippen molar-refractivity contribution in [3.05, 3.63) is 53.5 Å².